The van der Waals surface area contributed by atoms with E-state index in [4.69, 9.17) is 0 Å². The van der Waals surface area contributed by atoms with Gasteiger partial charge in [0.05, 0.1) is 5.92 Å². The number of carbonyl (C=O) groups excluding carboxylic acids is 1. The summed E-state index contributed by atoms with van der Waals surface area (Å²) in [5.41, 5.74) is 1.09. The van der Waals surface area contributed by atoms with Crippen LogP contribution in [0.3, 0.4) is 0 Å². The molecule has 1 saturated heterocycles. The van der Waals surface area contributed by atoms with Gasteiger partial charge in [-0.1, -0.05) is 6.07 Å². The first kappa shape index (κ1) is 13.9. The van der Waals surface area contributed by atoms with Crippen LogP contribution in [0.5, 0.6) is 0 Å². The zero-order valence-electron chi connectivity index (χ0n) is 9.69. The number of nitrogens with one attached hydrogen (secondary N) is 2. The largest absolute Gasteiger partial charge is 0.356 e. The van der Waals surface area contributed by atoms with Crippen molar-refractivity contribution >= 4 is 18.3 Å². The summed E-state index contributed by atoms with van der Waals surface area (Å²) in [6.07, 6.45) is 3.67. The molecule has 2 rings (SSSR count). The van der Waals surface area contributed by atoms with Crippen molar-refractivity contribution in [3.8, 4) is 0 Å². The maximum atomic E-state index is 11.5. The van der Waals surface area contributed by atoms with Gasteiger partial charge in [0.2, 0.25) is 5.91 Å². The number of aromatic nitrogens is 1. The van der Waals surface area contributed by atoms with Gasteiger partial charge >= 0.3 is 0 Å². The van der Waals surface area contributed by atoms with Gasteiger partial charge in [0.1, 0.15) is 0 Å². The third-order valence-corrected chi connectivity index (χ3v) is 2.79. The van der Waals surface area contributed by atoms with Gasteiger partial charge in [-0.25, -0.2) is 0 Å². The van der Waals surface area contributed by atoms with E-state index >= 15 is 0 Å². The molecule has 1 fully saturated rings. The van der Waals surface area contributed by atoms with Crippen LogP contribution in [0.1, 0.15) is 12.1 Å². The van der Waals surface area contributed by atoms with Gasteiger partial charge in [-0.3, -0.25) is 9.78 Å². The van der Waals surface area contributed by atoms with E-state index in [9.17, 15) is 4.79 Å². The SMILES string of the molecule is Cl.O=C(NCCCc1ccccn1)C1CNC1. The Bertz CT molecular complexity index is 341. The summed E-state index contributed by atoms with van der Waals surface area (Å²) in [5, 5.41) is 6.04. The molecule has 94 valence electrons. The summed E-state index contributed by atoms with van der Waals surface area (Å²) in [4.78, 5) is 15.7. The minimum absolute atomic E-state index is 0. The van der Waals surface area contributed by atoms with Crippen LogP contribution in [0.2, 0.25) is 0 Å². The van der Waals surface area contributed by atoms with Crippen molar-refractivity contribution < 1.29 is 4.79 Å². The van der Waals surface area contributed by atoms with E-state index in [0.29, 0.717) is 0 Å². The molecule has 0 saturated carbocycles. The number of halogens is 1. The number of hydrogen-bond acceptors (Lipinski definition) is 3. The fourth-order valence-electron chi connectivity index (χ4n) is 1.65. The quantitative estimate of drug-likeness (QED) is 0.765. The molecule has 0 unspecified atom stereocenters. The van der Waals surface area contributed by atoms with Crippen molar-refractivity contribution in [3.63, 3.8) is 0 Å². The number of nitrogens with zero attached hydrogens (tertiary/aromatic N) is 1. The molecule has 17 heavy (non-hydrogen) atoms. The fraction of sp³-hybridized carbons (Fsp3) is 0.500. The molecular weight excluding hydrogens is 238 g/mol. The van der Waals surface area contributed by atoms with E-state index in [-0.39, 0.29) is 24.2 Å². The van der Waals surface area contributed by atoms with Crippen molar-refractivity contribution in [2.24, 2.45) is 5.92 Å². The molecule has 0 bridgehead atoms. The van der Waals surface area contributed by atoms with E-state index < -0.39 is 0 Å². The van der Waals surface area contributed by atoms with Gasteiger partial charge in [-0.2, -0.15) is 0 Å². The van der Waals surface area contributed by atoms with Gasteiger partial charge in [-0.15, -0.1) is 12.4 Å². The predicted octanol–water partition coefficient (Wildman–Crippen LogP) is 0.772. The van der Waals surface area contributed by atoms with E-state index in [1.807, 2.05) is 18.2 Å². The minimum Gasteiger partial charge on any atom is -0.356 e. The maximum absolute atomic E-state index is 11.5. The van der Waals surface area contributed by atoms with E-state index in [1.54, 1.807) is 6.20 Å². The van der Waals surface area contributed by atoms with Crippen LogP contribution >= 0.6 is 12.4 Å². The second kappa shape index (κ2) is 7.25. The third kappa shape index (κ3) is 4.32. The molecule has 2 N–H and O–H groups in total. The highest BCUT2D eigenvalue weighted by Crippen LogP contribution is 2.02. The summed E-state index contributed by atoms with van der Waals surface area (Å²) in [6.45, 7) is 2.39. The van der Waals surface area contributed by atoms with E-state index in [2.05, 4.69) is 15.6 Å². The summed E-state index contributed by atoms with van der Waals surface area (Å²) in [7, 11) is 0. The second-order valence-corrected chi connectivity index (χ2v) is 4.07. The number of amides is 1. The Hall–Kier alpha value is -1.13. The lowest BCUT2D eigenvalue weighted by atomic mass is 10.0. The number of carbonyl (C=O) groups is 1. The second-order valence-electron chi connectivity index (χ2n) is 4.07. The Labute approximate surface area is 108 Å². The van der Waals surface area contributed by atoms with Crippen molar-refractivity contribution in [3.05, 3.63) is 30.1 Å². The summed E-state index contributed by atoms with van der Waals surface area (Å²) >= 11 is 0. The van der Waals surface area contributed by atoms with Crippen LogP contribution in [-0.2, 0) is 11.2 Å². The van der Waals surface area contributed by atoms with E-state index in [1.165, 1.54) is 0 Å². The molecule has 0 aromatic carbocycles. The highest BCUT2D eigenvalue weighted by atomic mass is 35.5. The number of pyridine rings is 1. The first-order valence-corrected chi connectivity index (χ1v) is 5.74. The molecule has 1 aromatic rings. The maximum Gasteiger partial charge on any atom is 0.225 e. The molecule has 4 nitrogen and oxygen atoms in total. The molecule has 1 aliphatic rings. The molecule has 5 heteroatoms. The van der Waals surface area contributed by atoms with Gasteiger partial charge in [0.15, 0.2) is 0 Å². The van der Waals surface area contributed by atoms with Gasteiger partial charge in [-0.05, 0) is 25.0 Å². The highest BCUT2D eigenvalue weighted by Gasteiger charge is 2.23. The van der Waals surface area contributed by atoms with Crippen LogP contribution in [0.15, 0.2) is 24.4 Å². The Morgan fingerprint density at radius 3 is 2.88 bits per heavy atom. The van der Waals surface area contributed by atoms with Crippen LogP contribution in [0.4, 0.5) is 0 Å². The lowest BCUT2D eigenvalue weighted by Crippen LogP contribution is -2.50. The molecule has 0 radical (unpaired) electrons. The average molecular weight is 256 g/mol. The van der Waals surface area contributed by atoms with Crippen LogP contribution in [0, 0.1) is 5.92 Å². The predicted molar refractivity (Wildman–Crippen MR) is 69.2 cm³/mol. The topological polar surface area (TPSA) is 54.0 Å². The van der Waals surface area contributed by atoms with Gasteiger partial charge in [0.25, 0.3) is 0 Å². The van der Waals surface area contributed by atoms with E-state index in [0.717, 1.165) is 38.2 Å². The van der Waals surface area contributed by atoms with Crippen LogP contribution in [-0.4, -0.2) is 30.5 Å². The minimum atomic E-state index is 0. The molecule has 0 atom stereocenters. The molecule has 0 spiro atoms. The average Bonchev–Trinajstić information content (AvgIpc) is 2.23. The molecular formula is C12H18ClN3O. The first-order valence-electron chi connectivity index (χ1n) is 5.74. The molecule has 1 aromatic heterocycles. The van der Waals surface area contributed by atoms with Crippen molar-refractivity contribution in [2.75, 3.05) is 19.6 Å². The lowest BCUT2D eigenvalue weighted by Gasteiger charge is -2.25. The van der Waals surface area contributed by atoms with Crippen LogP contribution < -0.4 is 10.6 Å². The number of rotatable bonds is 5. The zero-order valence-corrected chi connectivity index (χ0v) is 10.5. The van der Waals surface area contributed by atoms with Crippen molar-refractivity contribution in [2.45, 2.75) is 12.8 Å². The highest BCUT2D eigenvalue weighted by molar-refractivity contribution is 5.85. The zero-order chi connectivity index (χ0) is 11.2. The lowest BCUT2D eigenvalue weighted by molar-refractivity contribution is -0.126. The van der Waals surface area contributed by atoms with Gasteiger partial charge < -0.3 is 10.6 Å². The Balaban J connectivity index is 0.00000144. The summed E-state index contributed by atoms with van der Waals surface area (Å²) < 4.78 is 0. The summed E-state index contributed by atoms with van der Waals surface area (Å²) in [6, 6.07) is 5.91. The first-order chi connectivity index (χ1) is 7.86. The monoisotopic (exact) mass is 255 g/mol. The Kier molecular flexibility index (Phi) is 5.94. The van der Waals surface area contributed by atoms with Crippen molar-refractivity contribution in [1.82, 2.24) is 15.6 Å². The molecule has 0 aliphatic carbocycles. The standard InChI is InChI=1S/C12H17N3O.ClH/c16-12(10-8-13-9-10)15-7-3-5-11-4-1-2-6-14-11;/h1-2,4,6,10,13H,3,5,7-9H2,(H,15,16);1H. The van der Waals surface area contributed by atoms with Crippen LogP contribution in [0.25, 0.3) is 0 Å². The number of aryl methyl sites for hydroxylation is 1. The smallest absolute Gasteiger partial charge is 0.225 e. The molecule has 1 amide bonds. The Morgan fingerprint density at radius 2 is 2.29 bits per heavy atom. The molecule has 1 aliphatic heterocycles. The van der Waals surface area contributed by atoms with Crippen molar-refractivity contribution in [1.29, 1.82) is 0 Å². The fourth-order valence-corrected chi connectivity index (χ4v) is 1.65. The summed E-state index contributed by atoms with van der Waals surface area (Å²) in [5.74, 6) is 0.370. The third-order valence-electron chi connectivity index (χ3n) is 2.79. The number of hydrogen-bond donors (Lipinski definition) is 2. The van der Waals surface area contributed by atoms with Gasteiger partial charge in [0, 0.05) is 31.5 Å². The Morgan fingerprint density at radius 1 is 1.47 bits per heavy atom. The normalized spacial score (nSPS) is 14.6. The molecule has 2 heterocycles.